The van der Waals surface area contributed by atoms with Crippen molar-refractivity contribution >= 4 is 17.2 Å². The van der Waals surface area contributed by atoms with Crippen molar-refractivity contribution in [3.63, 3.8) is 0 Å². The van der Waals surface area contributed by atoms with E-state index in [1.807, 2.05) is 0 Å². The molecule has 0 amide bonds. The topological polar surface area (TPSA) is 3.24 Å². The van der Waals surface area contributed by atoms with Gasteiger partial charge in [-0.3, -0.25) is 0 Å². The van der Waals surface area contributed by atoms with Crippen molar-refractivity contribution in [3.8, 4) is 0 Å². The molecule has 0 aliphatic carbocycles. The van der Waals surface area contributed by atoms with Gasteiger partial charge in [0.2, 0.25) is 0 Å². The van der Waals surface area contributed by atoms with E-state index in [0.29, 0.717) is 0 Å². The van der Waals surface area contributed by atoms with Crippen molar-refractivity contribution in [1.82, 2.24) is 4.23 Å². The lowest BCUT2D eigenvalue weighted by atomic mass is 10.1. The molecule has 0 aromatic heterocycles. The van der Waals surface area contributed by atoms with Crippen LogP contribution in [0.25, 0.3) is 0 Å². The molecule has 0 aromatic rings. The summed E-state index contributed by atoms with van der Waals surface area (Å²) in [7, 11) is 0.664. The van der Waals surface area contributed by atoms with Gasteiger partial charge in [0.25, 0.3) is 0 Å². The molecule has 0 radical (unpaired) electrons. The first-order chi connectivity index (χ1) is 13.0. The smallest absolute Gasteiger partial charge is 0.115 e. The van der Waals surface area contributed by atoms with Gasteiger partial charge in [0.05, 0.1) is 0 Å². The van der Waals surface area contributed by atoms with Crippen LogP contribution in [0.2, 0.25) is 31.7 Å². The predicted molar refractivity (Wildman–Crippen MR) is 133 cm³/mol. The third-order valence-electron chi connectivity index (χ3n) is 6.73. The number of nitrogens with zero attached hydrogens (tertiary/aromatic N) is 1. The van der Waals surface area contributed by atoms with E-state index in [9.17, 15) is 0 Å². The summed E-state index contributed by atoms with van der Waals surface area (Å²) < 4.78 is 2.94. The highest BCUT2D eigenvalue weighted by Crippen LogP contribution is 2.22. The molecule has 164 valence electrons. The van der Waals surface area contributed by atoms with Gasteiger partial charge in [0, 0.05) is 0 Å². The van der Waals surface area contributed by atoms with E-state index in [0.717, 1.165) is 0 Å². The molecule has 0 N–H and O–H groups in total. The SMILES string of the molecule is CCCCCCCCCC[SiH](C)N(C)[Si](C)(C)CCCCCCCCCC. The Morgan fingerprint density at radius 3 is 1.41 bits per heavy atom. The van der Waals surface area contributed by atoms with E-state index < -0.39 is 17.2 Å². The largest absolute Gasteiger partial charge is 0.351 e. The predicted octanol–water partition coefficient (Wildman–Crippen LogP) is 8.76. The van der Waals surface area contributed by atoms with Crippen molar-refractivity contribution in [2.24, 2.45) is 0 Å². The van der Waals surface area contributed by atoms with Crippen LogP contribution in [0.4, 0.5) is 0 Å². The molecule has 0 heterocycles. The maximum atomic E-state index is 2.94. The highest BCUT2D eigenvalue weighted by Gasteiger charge is 2.29. The van der Waals surface area contributed by atoms with Crippen molar-refractivity contribution in [2.45, 2.75) is 148 Å². The lowest BCUT2D eigenvalue weighted by Crippen LogP contribution is -2.52. The molecular weight excluding hydrogens is 358 g/mol. The van der Waals surface area contributed by atoms with Gasteiger partial charge in [-0.15, -0.1) is 0 Å². The summed E-state index contributed by atoms with van der Waals surface area (Å²) in [5.41, 5.74) is 0. The zero-order valence-electron chi connectivity index (χ0n) is 20.3. The maximum absolute atomic E-state index is 2.94. The Morgan fingerprint density at radius 2 is 0.963 bits per heavy atom. The van der Waals surface area contributed by atoms with Gasteiger partial charge in [0.1, 0.15) is 17.2 Å². The molecule has 27 heavy (non-hydrogen) atoms. The van der Waals surface area contributed by atoms with Gasteiger partial charge < -0.3 is 4.23 Å². The van der Waals surface area contributed by atoms with Gasteiger partial charge in [0.15, 0.2) is 0 Å². The summed E-state index contributed by atoms with van der Waals surface area (Å²) >= 11 is 0. The van der Waals surface area contributed by atoms with Gasteiger partial charge in [-0.25, -0.2) is 0 Å². The van der Waals surface area contributed by atoms with Gasteiger partial charge in [-0.2, -0.15) is 0 Å². The first-order valence-corrected chi connectivity index (χ1v) is 18.3. The van der Waals surface area contributed by atoms with Crippen LogP contribution in [0.5, 0.6) is 0 Å². The number of hydrogen-bond donors (Lipinski definition) is 0. The molecule has 0 spiro atoms. The second-order valence-electron chi connectivity index (χ2n) is 9.76. The Labute approximate surface area is 176 Å². The minimum atomic E-state index is -1.15. The van der Waals surface area contributed by atoms with Crippen LogP contribution in [-0.4, -0.2) is 28.5 Å². The Morgan fingerprint density at radius 1 is 0.593 bits per heavy atom. The fourth-order valence-corrected chi connectivity index (χ4v) is 12.5. The standard InChI is InChI=1S/C24H55NSi2/c1-7-9-11-13-15-17-19-21-23-26(4)25(3)27(5,6)24-22-20-18-16-14-12-10-8-2/h26H,7-24H2,1-6H3. The summed E-state index contributed by atoms with van der Waals surface area (Å²) in [6.07, 6.45) is 23.3. The summed E-state index contributed by atoms with van der Waals surface area (Å²) in [5, 5.41) is 0. The molecule has 0 aliphatic rings. The molecular formula is C24H55NSi2. The van der Waals surface area contributed by atoms with E-state index in [-0.39, 0.29) is 0 Å². The molecule has 0 saturated heterocycles. The first-order valence-electron chi connectivity index (χ1n) is 12.7. The Balaban J connectivity index is 3.73. The van der Waals surface area contributed by atoms with Crippen LogP contribution >= 0.6 is 0 Å². The van der Waals surface area contributed by atoms with Crippen LogP contribution in [0.1, 0.15) is 117 Å². The average Bonchev–Trinajstić information content (AvgIpc) is 2.65. The molecule has 1 nitrogen and oxygen atoms in total. The second kappa shape index (κ2) is 18.4. The maximum Gasteiger partial charge on any atom is 0.115 e. The summed E-state index contributed by atoms with van der Waals surface area (Å²) in [6, 6.07) is 3.06. The van der Waals surface area contributed by atoms with Crippen molar-refractivity contribution in [3.05, 3.63) is 0 Å². The minimum Gasteiger partial charge on any atom is -0.351 e. The average molecular weight is 414 g/mol. The van der Waals surface area contributed by atoms with E-state index >= 15 is 0 Å². The molecule has 1 atom stereocenters. The van der Waals surface area contributed by atoms with Crippen LogP contribution in [0.3, 0.4) is 0 Å². The molecule has 0 fully saturated rings. The van der Waals surface area contributed by atoms with Gasteiger partial charge in [-0.1, -0.05) is 136 Å². The first kappa shape index (κ1) is 27.4. The molecule has 3 heteroatoms. The summed E-state index contributed by atoms with van der Waals surface area (Å²) in [4.78, 5) is 0. The van der Waals surface area contributed by atoms with Crippen LogP contribution in [0.15, 0.2) is 0 Å². The molecule has 0 rings (SSSR count). The summed E-state index contributed by atoms with van der Waals surface area (Å²) in [5.74, 6) is 0. The second-order valence-corrected chi connectivity index (χ2v) is 18.2. The molecule has 1 unspecified atom stereocenters. The Hall–Kier alpha value is 0.394. The number of rotatable bonds is 20. The van der Waals surface area contributed by atoms with Crippen molar-refractivity contribution in [2.75, 3.05) is 7.05 Å². The lowest BCUT2D eigenvalue weighted by molar-refractivity contribution is 0.579. The quantitative estimate of drug-likeness (QED) is 0.142. The zero-order valence-corrected chi connectivity index (χ0v) is 22.4. The van der Waals surface area contributed by atoms with Gasteiger partial charge in [-0.05, 0) is 19.1 Å². The van der Waals surface area contributed by atoms with Crippen molar-refractivity contribution in [1.29, 1.82) is 0 Å². The minimum absolute atomic E-state index is 0.674. The van der Waals surface area contributed by atoms with Crippen LogP contribution in [0, 0.1) is 0 Å². The Bertz CT molecular complexity index is 307. The third-order valence-corrected chi connectivity index (χ3v) is 16.2. The zero-order chi connectivity index (χ0) is 20.4. The molecule has 0 saturated carbocycles. The summed E-state index contributed by atoms with van der Waals surface area (Å²) in [6.45, 7) is 12.5. The number of hydrogen-bond acceptors (Lipinski definition) is 1. The van der Waals surface area contributed by atoms with Crippen LogP contribution < -0.4 is 0 Å². The molecule has 0 aromatic carbocycles. The molecule has 0 aliphatic heterocycles. The highest BCUT2D eigenvalue weighted by molar-refractivity contribution is 6.83. The third kappa shape index (κ3) is 15.9. The fourth-order valence-electron chi connectivity index (χ4n) is 4.23. The van der Waals surface area contributed by atoms with E-state index in [1.54, 1.807) is 6.04 Å². The van der Waals surface area contributed by atoms with E-state index in [2.05, 4.69) is 44.8 Å². The fraction of sp³-hybridized carbons (Fsp3) is 1.00. The Kier molecular flexibility index (Phi) is 18.7. The van der Waals surface area contributed by atoms with Gasteiger partial charge >= 0.3 is 0 Å². The monoisotopic (exact) mass is 413 g/mol. The van der Waals surface area contributed by atoms with E-state index in [1.165, 1.54) is 109 Å². The highest BCUT2D eigenvalue weighted by atomic mass is 28.4. The van der Waals surface area contributed by atoms with E-state index in [4.69, 9.17) is 0 Å². The number of unbranched alkanes of at least 4 members (excludes halogenated alkanes) is 14. The lowest BCUT2D eigenvalue weighted by Gasteiger charge is -2.38. The molecule has 0 bridgehead atoms. The van der Waals surface area contributed by atoms with Crippen LogP contribution in [-0.2, 0) is 0 Å². The van der Waals surface area contributed by atoms with Crippen molar-refractivity contribution < 1.29 is 0 Å². The normalized spacial score (nSPS) is 13.4.